The van der Waals surface area contributed by atoms with Crippen molar-refractivity contribution in [3.8, 4) is 0 Å². The molecule has 0 aromatic carbocycles. The van der Waals surface area contributed by atoms with E-state index in [1.54, 1.807) is 0 Å². The average molecular weight is 228 g/mol. The highest BCUT2D eigenvalue weighted by Gasteiger charge is 2.18. The third kappa shape index (κ3) is 4.16. The molecule has 2 amide bonds. The summed E-state index contributed by atoms with van der Waals surface area (Å²) >= 11 is 0. The maximum Gasteiger partial charge on any atom is 0.233 e. The van der Waals surface area contributed by atoms with Crippen molar-refractivity contribution in [1.82, 2.24) is 15.2 Å². The van der Waals surface area contributed by atoms with Crippen molar-refractivity contribution in [2.45, 2.75) is 19.3 Å². The number of carbonyl (C=O) groups excluding carboxylic acids is 2. The minimum atomic E-state index is -0.217. The maximum absolute atomic E-state index is 11.7. The van der Waals surface area contributed by atoms with E-state index < -0.39 is 0 Å². The molecule has 0 atom stereocenters. The molecule has 1 aliphatic rings. The van der Waals surface area contributed by atoms with Gasteiger partial charge in [0.05, 0.1) is 0 Å². The molecule has 1 aliphatic heterocycles. The van der Waals surface area contributed by atoms with Crippen molar-refractivity contribution in [1.29, 1.82) is 0 Å². The van der Waals surface area contributed by atoms with Gasteiger partial charge in [0.15, 0.2) is 0 Å². The van der Waals surface area contributed by atoms with Crippen LogP contribution in [-0.4, -0.2) is 54.8 Å². The predicted molar refractivity (Wildman–Crippen MR) is 60.3 cm³/mol. The number of carbonyl (C=O) groups is 2. The van der Waals surface area contributed by atoms with Gasteiger partial charge in [0.25, 0.3) is 0 Å². The number of hydrogen-bond donors (Lipinski definition) is 2. The van der Waals surface area contributed by atoms with Crippen LogP contribution in [-0.2, 0) is 9.59 Å². The largest absolute Gasteiger partial charge is 0.340 e. The summed E-state index contributed by atoms with van der Waals surface area (Å²) in [6, 6.07) is 0. The number of hydrogen-bond acceptors (Lipinski definition) is 4. The zero-order valence-corrected chi connectivity index (χ0v) is 9.74. The number of hydrazine groups is 1. The van der Waals surface area contributed by atoms with Crippen molar-refractivity contribution in [3.63, 3.8) is 0 Å². The molecule has 0 aliphatic carbocycles. The summed E-state index contributed by atoms with van der Waals surface area (Å²) in [4.78, 5) is 26.6. The van der Waals surface area contributed by atoms with E-state index in [4.69, 9.17) is 5.84 Å². The Bertz CT molecular complexity index is 249. The van der Waals surface area contributed by atoms with E-state index in [1.165, 1.54) is 0 Å². The van der Waals surface area contributed by atoms with Gasteiger partial charge in [-0.1, -0.05) is 0 Å². The Labute approximate surface area is 95.7 Å². The fourth-order valence-electron chi connectivity index (χ4n) is 1.69. The molecule has 0 unspecified atom stereocenters. The molecule has 0 radical (unpaired) electrons. The Morgan fingerprint density at radius 2 is 1.81 bits per heavy atom. The number of piperazine rings is 1. The van der Waals surface area contributed by atoms with Crippen LogP contribution in [0.15, 0.2) is 0 Å². The van der Waals surface area contributed by atoms with E-state index in [0.717, 1.165) is 26.2 Å². The lowest BCUT2D eigenvalue weighted by Crippen LogP contribution is -2.47. The Morgan fingerprint density at radius 3 is 2.38 bits per heavy atom. The van der Waals surface area contributed by atoms with Crippen LogP contribution in [0, 0.1) is 0 Å². The third-order valence-electron chi connectivity index (χ3n) is 2.81. The molecule has 0 saturated carbocycles. The minimum Gasteiger partial charge on any atom is -0.340 e. The second-order valence-corrected chi connectivity index (χ2v) is 4.11. The fraction of sp³-hybridized carbons (Fsp3) is 0.800. The highest BCUT2D eigenvalue weighted by molar-refractivity contribution is 5.78. The Hall–Kier alpha value is -1.14. The lowest BCUT2D eigenvalue weighted by Gasteiger charge is -2.32. The molecule has 3 N–H and O–H groups in total. The van der Waals surface area contributed by atoms with Crippen LogP contribution in [0.5, 0.6) is 0 Å². The summed E-state index contributed by atoms with van der Waals surface area (Å²) in [6.45, 7) is 3.43. The smallest absolute Gasteiger partial charge is 0.233 e. The van der Waals surface area contributed by atoms with Crippen molar-refractivity contribution in [3.05, 3.63) is 0 Å². The number of nitrogens with one attached hydrogen (secondary N) is 1. The maximum atomic E-state index is 11.7. The summed E-state index contributed by atoms with van der Waals surface area (Å²) in [5, 5.41) is 0. The number of nitrogens with two attached hydrogens (primary N) is 1. The molecule has 0 spiro atoms. The second kappa shape index (κ2) is 6.44. The van der Waals surface area contributed by atoms with Gasteiger partial charge >= 0.3 is 0 Å². The average Bonchev–Trinajstić information content (AvgIpc) is 2.29. The lowest BCUT2D eigenvalue weighted by atomic mass is 10.2. The SMILES string of the molecule is CN1CCN(C(=O)CCCC(=O)NN)CC1. The van der Waals surface area contributed by atoms with Crippen LogP contribution in [0.3, 0.4) is 0 Å². The van der Waals surface area contributed by atoms with E-state index in [-0.39, 0.29) is 11.8 Å². The molecule has 0 bridgehead atoms. The van der Waals surface area contributed by atoms with E-state index in [0.29, 0.717) is 19.3 Å². The summed E-state index contributed by atoms with van der Waals surface area (Å²) in [5.74, 6) is 4.87. The molecule has 1 saturated heterocycles. The second-order valence-electron chi connectivity index (χ2n) is 4.11. The van der Waals surface area contributed by atoms with Gasteiger partial charge in [-0.3, -0.25) is 15.0 Å². The summed E-state index contributed by atoms with van der Waals surface area (Å²) in [5.41, 5.74) is 2.05. The zero-order valence-electron chi connectivity index (χ0n) is 9.74. The molecular formula is C10H20N4O2. The molecule has 0 aromatic heterocycles. The molecule has 16 heavy (non-hydrogen) atoms. The van der Waals surface area contributed by atoms with Gasteiger partial charge < -0.3 is 9.80 Å². The molecule has 6 nitrogen and oxygen atoms in total. The summed E-state index contributed by atoms with van der Waals surface area (Å²) < 4.78 is 0. The van der Waals surface area contributed by atoms with Gasteiger partial charge in [-0.2, -0.15) is 0 Å². The quantitative estimate of drug-likeness (QED) is 0.364. The number of likely N-dealkylation sites (N-methyl/N-ethyl adjacent to an activating group) is 1. The Morgan fingerprint density at radius 1 is 1.19 bits per heavy atom. The highest BCUT2D eigenvalue weighted by Crippen LogP contribution is 2.04. The molecule has 6 heteroatoms. The van der Waals surface area contributed by atoms with Gasteiger partial charge in [0, 0.05) is 39.0 Å². The van der Waals surface area contributed by atoms with E-state index in [1.807, 2.05) is 11.9 Å². The molecule has 1 rings (SSSR count). The topological polar surface area (TPSA) is 78.7 Å². The Kier molecular flexibility index (Phi) is 5.21. The fourth-order valence-corrected chi connectivity index (χ4v) is 1.69. The number of rotatable bonds is 4. The van der Waals surface area contributed by atoms with Gasteiger partial charge in [-0.05, 0) is 13.5 Å². The number of amides is 2. The first-order chi connectivity index (χ1) is 7.63. The summed E-state index contributed by atoms with van der Waals surface area (Å²) in [7, 11) is 2.05. The van der Waals surface area contributed by atoms with E-state index >= 15 is 0 Å². The van der Waals surface area contributed by atoms with Crippen LogP contribution in [0.2, 0.25) is 0 Å². The minimum absolute atomic E-state index is 0.137. The first kappa shape index (κ1) is 12.9. The van der Waals surface area contributed by atoms with Crippen molar-refractivity contribution < 1.29 is 9.59 Å². The molecule has 0 aromatic rings. The Balaban J connectivity index is 2.17. The third-order valence-corrected chi connectivity index (χ3v) is 2.81. The lowest BCUT2D eigenvalue weighted by molar-refractivity contribution is -0.133. The van der Waals surface area contributed by atoms with Gasteiger partial charge in [-0.25, -0.2) is 5.84 Å². The molecule has 92 valence electrons. The van der Waals surface area contributed by atoms with Crippen molar-refractivity contribution in [2.75, 3.05) is 33.2 Å². The van der Waals surface area contributed by atoms with Crippen LogP contribution in [0.1, 0.15) is 19.3 Å². The summed E-state index contributed by atoms with van der Waals surface area (Å²) in [6.07, 6.45) is 1.31. The van der Waals surface area contributed by atoms with E-state index in [9.17, 15) is 9.59 Å². The molecular weight excluding hydrogens is 208 g/mol. The van der Waals surface area contributed by atoms with Crippen LogP contribution >= 0.6 is 0 Å². The van der Waals surface area contributed by atoms with Crippen LogP contribution in [0.4, 0.5) is 0 Å². The van der Waals surface area contributed by atoms with E-state index in [2.05, 4.69) is 10.3 Å². The standard InChI is InChI=1S/C10H20N4O2/c1-13-5-7-14(8-6-13)10(16)4-2-3-9(15)12-11/h2-8,11H2,1H3,(H,12,15). The normalized spacial score (nSPS) is 17.2. The van der Waals surface area contributed by atoms with Crippen LogP contribution in [0.25, 0.3) is 0 Å². The van der Waals surface area contributed by atoms with Gasteiger partial charge in [-0.15, -0.1) is 0 Å². The molecule has 1 heterocycles. The van der Waals surface area contributed by atoms with Crippen LogP contribution < -0.4 is 11.3 Å². The first-order valence-electron chi connectivity index (χ1n) is 5.59. The molecule has 1 fully saturated rings. The van der Waals surface area contributed by atoms with Crippen molar-refractivity contribution in [2.24, 2.45) is 5.84 Å². The monoisotopic (exact) mass is 228 g/mol. The van der Waals surface area contributed by atoms with Gasteiger partial charge in [0.1, 0.15) is 0 Å². The first-order valence-corrected chi connectivity index (χ1v) is 5.59. The highest BCUT2D eigenvalue weighted by atomic mass is 16.2. The number of nitrogens with zero attached hydrogens (tertiary/aromatic N) is 2. The van der Waals surface area contributed by atoms with Crippen molar-refractivity contribution >= 4 is 11.8 Å². The zero-order chi connectivity index (χ0) is 12.0. The van der Waals surface area contributed by atoms with Gasteiger partial charge in [0.2, 0.25) is 11.8 Å². The predicted octanol–water partition coefficient (Wildman–Crippen LogP) is -1.08.